The van der Waals surface area contributed by atoms with Gasteiger partial charge in [-0.2, -0.15) is 0 Å². The van der Waals surface area contributed by atoms with Crippen molar-refractivity contribution < 1.29 is 23.9 Å². The van der Waals surface area contributed by atoms with Gasteiger partial charge in [0.1, 0.15) is 11.2 Å². The fraction of sp³-hybridized carbons (Fsp3) is 0.345. The van der Waals surface area contributed by atoms with Gasteiger partial charge in [0.15, 0.2) is 5.78 Å². The average molecular weight is 525 g/mol. The highest BCUT2D eigenvalue weighted by molar-refractivity contribution is 6.30. The molecule has 0 saturated carbocycles. The molecule has 196 valence electrons. The minimum Gasteiger partial charge on any atom is -0.444 e. The van der Waals surface area contributed by atoms with E-state index in [2.05, 4.69) is 0 Å². The van der Waals surface area contributed by atoms with Crippen molar-refractivity contribution in [2.24, 2.45) is 0 Å². The van der Waals surface area contributed by atoms with Gasteiger partial charge in [0.05, 0.1) is 12.1 Å². The fourth-order valence-corrected chi connectivity index (χ4v) is 3.70. The number of carbonyl (C=O) groups excluding carboxylic acids is 3. The minimum absolute atomic E-state index is 0.0578. The van der Waals surface area contributed by atoms with Gasteiger partial charge in [-0.15, -0.1) is 0 Å². The first kappa shape index (κ1) is 28.0. The van der Waals surface area contributed by atoms with Crippen LogP contribution in [0.25, 0.3) is 10.9 Å². The number of aromatic nitrogens is 1. The molecule has 0 aliphatic heterocycles. The monoisotopic (exact) mass is 524 g/mol. The summed E-state index contributed by atoms with van der Waals surface area (Å²) in [6.07, 6.45) is 1.89. The first-order valence-corrected chi connectivity index (χ1v) is 12.4. The maximum absolute atomic E-state index is 13.2. The largest absolute Gasteiger partial charge is 0.444 e. The number of hydrogen-bond donors (Lipinski definition) is 0. The Morgan fingerprint density at radius 3 is 2.16 bits per heavy atom. The molecule has 1 amide bonds. The van der Waals surface area contributed by atoms with Crippen LogP contribution >= 0.6 is 11.6 Å². The Morgan fingerprint density at radius 2 is 1.54 bits per heavy atom. The summed E-state index contributed by atoms with van der Waals surface area (Å²) in [5.41, 5.74) is 0.281. The van der Waals surface area contributed by atoms with E-state index in [1.54, 1.807) is 71.9 Å². The van der Waals surface area contributed by atoms with E-state index in [9.17, 15) is 14.4 Å². The van der Waals surface area contributed by atoms with Gasteiger partial charge >= 0.3 is 12.2 Å². The van der Waals surface area contributed by atoms with Crippen molar-refractivity contribution >= 4 is 40.5 Å². The summed E-state index contributed by atoms with van der Waals surface area (Å²) >= 11 is 5.90. The third kappa shape index (κ3) is 7.95. The predicted octanol–water partition coefficient (Wildman–Crippen LogP) is 7.25. The zero-order valence-corrected chi connectivity index (χ0v) is 22.8. The summed E-state index contributed by atoms with van der Waals surface area (Å²) in [7, 11) is 0. The van der Waals surface area contributed by atoms with E-state index in [1.165, 1.54) is 15.5 Å². The molecular formula is C29H33ClN2O5. The van der Waals surface area contributed by atoms with Crippen LogP contribution in [-0.4, -0.2) is 45.2 Å². The number of ketones is 1. The molecule has 0 bridgehead atoms. The van der Waals surface area contributed by atoms with Crippen LogP contribution in [0.2, 0.25) is 5.02 Å². The summed E-state index contributed by atoms with van der Waals surface area (Å²) in [5, 5.41) is 1.37. The van der Waals surface area contributed by atoms with Crippen molar-refractivity contribution in [2.45, 2.75) is 59.3 Å². The predicted molar refractivity (Wildman–Crippen MR) is 145 cm³/mol. The molecule has 1 aromatic heterocycles. The van der Waals surface area contributed by atoms with Crippen LogP contribution in [0, 0.1) is 0 Å². The van der Waals surface area contributed by atoms with Gasteiger partial charge in [-0.05, 0) is 84.0 Å². The molecule has 8 heteroatoms. The molecule has 1 heterocycles. The van der Waals surface area contributed by atoms with Crippen molar-refractivity contribution in [3.63, 3.8) is 0 Å². The number of ether oxygens (including phenoxy) is 2. The van der Waals surface area contributed by atoms with Crippen molar-refractivity contribution in [1.82, 2.24) is 9.47 Å². The molecule has 0 saturated heterocycles. The Kier molecular flexibility index (Phi) is 8.49. The third-order valence-electron chi connectivity index (χ3n) is 5.09. The normalized spacial score (nSPS) is 12.1. The Labute approximate surface area is 222 Å². The van der Waals surface area contributed by atoms with Gasteiger partial charge in [0.2, 0.25) is 0 Å². The average Bonchev–Trinajstić information content (AvgIpc) is 3.14. The number of hydrogen-bond acceptors (Lipinski definition) is 5. The lowest BCUT2D eigenvalue weighted by molar-refractivity contribution is 0.0246. The van der Waals surface area contributed by atoms with Crippen molar-refractivity contribution in [1.29, 1.82) is 0 Å². The summed E-state index contributed by atoms with van der Waals surface area (Å²) in [6.45, 7) is 10.9. The number of nitrogens with zero attached hydrogens (tertiary/aromatic N) is 2. The molecule has 0 spiro atoms. The second-order valence-electron chi connectivity index (χ2n) is 10.6. The maximum Gasteiger partial charge on any atom is 0.419 e. The Bertz CT molecular complexity index is 1310. The Hall–Kier alpha value is -3.58. The topological polar surface area (TPSA) is 77.8 Å². The smallest absolute Gasteiger partial charge is 0.419 e. The summed E-state index contributed by atoms with van der Waals surface area (Å²) in [5.74, 6) is -0.219. The zero-order chi connectivity index (χ0) is 27.4. The van der Waals surface area contributed by atoms with Crippen LogP contribution in [0.1, 0.15) is 57.6 Å². The second-order valence-corrected chi connectivity index (χ2v) is 11.1. The van der Waals surface area contributed by atoms with Crippen LogP contribution in [0.3, 0.4) is 0 Å². The molecule has 0 radical (unpaired) electrons. The van der Waals surface area contributed by atoms with E-state index >= 15 is 0 Å². The zero-order valence-electron chi connectivity index (χ0n) is 22.1. The second kappa shape index (κ2) is 11.2. The van der Waals surface area contributed by atoms with E-state index < -0.39 is 23.4 Å². The first-order valence-electron chi connectivity index (χ1n) is 12.0. The standard InChI is InChI=1S/C29H33ClN2O5/c1-28(2,3)36-26(34)31(17-9-12-25(33)20-13-15-22(30)16-14-20)19-23-18-21-10-7-8-11-24(21)32(23)27(35)37-29(4,5)6/h7-16,18H,17,19H2,1-6H3/b12-9+. The van der Waals surface area contributed by atoms with E-state index in [0.29, 0.717) is 21.8 Å². The van der Waals surface area contributed by atoms with Gasteiger partial charge in [-0.25, -0.2) is 14.2 Å². The quantitative estimate of drug-likeness (QED) is 0.250. The summed E-state index contributed by atoms with van der Waals surface area (Å²) in [6, 6.07) is 15.8. The number of fused-ring (bicyclic) bond motifs is 1. The lowest BCUT2D eigenvalue weighted by Gasteiger charge is -2.27. The van der Waals surface area contributed by atoms with Gasteiger partial charge in [0.25, 0.3) is 0 Å². The molecule has 3 aromatic rings. The lowest BCUT2D eigenvalue weighted by atomic mass is 10.1. The van der Waals surface area contributed by atoms with E-state index in [4.69, 9.17) is 21.1 Å². The molecule has 0 unspecified atom stereocenters. The summed E-state index contributed by atoms with van der Waals surface area (Å²) in [4.78, 5) is 40.3. The van der Waals surface area contributed by atoms with E-state index in [-0.39, 0.29) is 18.9 Å². The Balaban J connectivity index is 1.92. The molecule has 2 aromatic carbocycles. The van der Waals surface area contributed by atoms with Gasteiger partial charge < -0.3 is 9.47 Å². The molecule has 0 atom stereocenters. The first-order chi connectivity index (χ1) is 17.2. The van der Waals surface area contributed by atoms with Crippen LogP contribution < -0.4 is 0 Å². The summed E-state index contributed by atoms with van der Waals surface area (Å²) < 4.78 is 12.7. The van der Waals surface area contributed by atoms with Crippen molar-refractivity contribution in [3.05, 3.63) is 83.0 Å². The SMILES string of the molecule is CC(C)(C)OC(=O)N(C/C=C/C(=O)c1ccc(Cl)cc1)Cc1cc2ccccc2n1C(=O)OC(C)(C)C. The number of rotatable bonds is 6. The van der Waals surface area contributed by atoms with Crippen LogP contribution in [0.15, 0.2) is 66.7 Å². The van der Waals surface area contributed by atoms with Gasteiger partial charge in [-0.3, -0.25) is 9.69 Å². The molecule has 37 heavy (non-hydrogen) atoms. The van der Waals surface area contributed by atoms with Gasteiger partial charge in [-0.1, -0.05) is 35.9 Å². The number of benzene rings is 2. The van der Waals surface area contributed by atoms with Crippen molar-refractivity contribution in [3.8, 4) is 0 Å². The van der Waals surface area contributed by atoms with E-state index in [0.717, 1.165) is 5.39 Å². The third-order valence-corrected chi connectivity index (χ3v) is 5.34. The molecule has 0 N–H and O–H groups in total. The molecule has 3 rings (SSSR count). The van der Waals surface area contributed by atoms with Crippen LogP contribution in [0.4, 0.5) is 9.59 Å². The van der Waals surface area contributed by atoms with Crippen molar-refractivity contribution in [2.75, 3.05) is 6.54 Å². The molecule has 0 aliphatic rings. The van der Waals surface area contributed by atoms with Crippen LogP contribution in [-0.2, 0) is 16.0 Å². The lowest BCUT2D eigenvalue weighted by Crippen LogP contribution is -2.37. The minimum atomic E-state index is -0.726. The van der Waals surface area contributed by atoms with Gasteiger partial charge in [0, 0.05) is 28.2 Å². The Morgan fingerprint density at radius 1 is 0.919 bits per heavy atom. The number of allylic oxidation sites excluding steroid dienone is 1. The molecule has 0 aliphatic carbocycles. The molecule has 0 fully saturated rings. The number of para-hydroxylation sites is 1. The number of carbonyl (C=O) groups is 3. The maximum atomic E-state index is 13.2. The molecule has 7 nitrogen and oxygen atoms in total. The highest BCUT2D eigenvalue weighted by Crippen LogP contribution is 2.24. The fourth-order valence-electron chi connectivity index (χ4n) is 3.57. The number of amides is 1. The highest BCUT2D eigenvalue weighted by Gasteiger charge is 2.26. The van der Waals surface area contributed by atoms with Crippen LogP contribution in [0.5, 0.6) is 0 Å². The molecular weight excluding hydrogens is 492 g/mol. The number of halogens is 1. The highest BCUT2D eigenvalue weighted by atomic mass is 35.5. The van der Waals surface area contributed by atoms with E-state index in [1.807, 2.05) is 30.3 Å².